The van der Waals surface area contributed by atoms with Crippen molar-refractivity contribution in [3.8, 4) is 0 Å². The molecule has 1 heterocycles. The van der Waals surface area contributed by atoms with Crippen LogP contribution in [0, 0.1) is 0 Å². The molecule has 0 spiro atoms. The highest BCUT2D eigenvalue weighted by atomic mass is 32.2. The summed E-state index contributed by atoms with van der Waals surface area (Å²) >= 11 is 1.95. The van der Waals surface area contributed by atoms with Crippen LogP contribution in [0.4, 0.5) is 0 Å². The van der Waals surface area contributed by atoms with Crippen molar-refractivity contribution in [1.29, 1.82) is 0 Å². The van der Waals surface area contributed by atoms with E-state index in [1.807, 2.05) is 17.8 Å². The van der Waals surface area contributed by atoms with E-state index in [4.69, 9.17) is 0 Å². The van der Waals surface area contributed by atoms with Gasteiger partial charge in [0.05, 0.1) is 5.60 Å². The molecule has 2 nitrogen and oxygen atoms in total. The van der Waals surface area contributed by atoms with E-state index in [-0.39, 0.29) is 0 Å². The van der Waals surface area contributed by atoms with Gasteiger partial charge in [-0.05, 0) is 43.6 Å². The summed E-state index contributed by atoms with van der Waals surface area (Å²) in [6.07, 6.45) is 7.14. The lowest BCUT2D eigenvalue weighted by Gasteiger charge is -2.33. The minimum absolute atomic E-state index is 0.452. The lowest BCUT2D eigenvalue weighted by Crippen LogP contribution is -2.46. The molecule has 1 rings (SSSR count). The first-order valence-electron chi connectivity index (χ1n) is 6.34. The van der Waals surface area contributed by atoms with Crippen LogP contribution in [0.1, 0.15) is 39.0 Å². The Kier molecular flexibility index (Phi) is 6.47. The van der Waals surface area contributed by atoms with Crippen molar-refractivity contribution in [2.75, 3.05) is 18.1 Å². The second-order valence-corrected chi connectivity index (χ2v) is 5.91. The van der Waals surface area contributed by atoms with Gasteiger partial charge in [0, 0.05) is 12.6 Å². The van der Waals surface area contributed by atoms with Gasteiger partial charge in [0.2, 0.25) is 0 Å². The van der Waals surface area contributed by atoms with E-state index in [1.165, 1.54) is 0 Å². The van der Waals surface area contributed by atoms with Crippen LogP contribution >= 0.6 is 11.8 Å². The zero-order chi connectivity index (χ0) is 11.9. The van der Waals surface area contributed by atoms with Crippen LogP contribution in [0.15, 0.2) is 12.7 Å². The van der Waals surface area contributed by atoms with E-state index in [1.54, 1.807) is 0 Å². The molecule has 94 valence electrons. The minimum atomic E-state index is -0.452. The number of allylic oxidation sites excluding steroid dienone is 1. The maximum atomic E-state index is 10.3. The molecule has 0 bridgehead atoms. The largest absolute Gasteiger partial charge is 0.389 e. The number of hydrogen-bond donors (Lipinski definition) is 2. The maximum Gasteiger partial charge on any atom is 0.0787 e. The third-order valence-electron chi connectivity index (χ3n) is 3.36. The highest BCUT2D eigenvalue weighted by Gasteiger charge is 2.29. The van der Waals surface area contributed by atoms with Gasteiger partial charge in [-0.2, -0.15) is 11.8 Å². The predicted molar refractivity (Wildman–Crippen MR) is 73.0 cm³/mol. The molecule has 0 saturated carbocycles. The van der Waals surface area contributed by atoms with Gasteiger partial charge in [-0.15, -0.1) is 6.58 Å². The van der Waals surface area contributed by atoms with Crippen LogP contribution < -0.4 is 5.32 Å². The van der Waals surface area contributed by atoms with Crippen molar-refractivity contribution in [2.45, 2.75) is 50.7 Å². The van der Waals surface area contributed by atoms with Crippen LogP contribution in [0.2, 0.25) is 0 Å². The quantitative estimate of drug-likeness (QED) is 0.674. The predicted octanol–water partition coefficient (Wildman–Crippen LogP) is 2.58. The summed E-state index contributed by atoms with van der Waals surface area (Å²) in [7, 11) is 0. The fourth-order valence-corrected chi connectivity index (χ4v) is 3.28. The molecule has 1 fully saturated rings. The van der Waals surface area contributed by atoms with Crippen LogP contribution in [0.25, 0.3) is 0 Å². The fourth-order valence-electron chi connectivity index (χ4n) is 2.03. The highest BCUT2D eigenvalue weighted by Crippen LogP contribution is 2.26. The second-order valence-electron chi connectivity index (χ2n) is 4.69. The third-order valence-corrected chi connectivity index (χ3v) is 4.34. The van der Waals surface area contributed by atoms with Gasteiger partial charge in [-0.1, -0.05) is 13.0 Å². The zero-order valence-corrected chi connectivity index (χ0v) is 11.2. The molecule has 1 unspecified atom stereocenters. The van der Waals surface area contributed by atoms with E-state index >= 15 is 0 Å². The van der Waals surface area contributed by atoms with Gasteiger partial charge >= 0.3 is 0 Å². The normalized spacial score (nSPS) is 21.6. The first kappa shape index (κ1) is 14.1. The van der Waals surface area contributed by atoms with E-state index in [0.717, 1.165) is 50.2 Å². The number of nitrogens with one attached hydrogen (secondary N) is 1. The van der Waals surface area contributed by atoms with Crippen LogP contribution in [0.5, 0.6) is 0 Å². The minimum Gasteiger partial charge on any atom is -0.389 e. The second kappa shape index (κ2) is 7.36. The van der Waals surface area contributed by atoms with Gasteiger partial charge in [-0.3, -0.25) is 0 Å². The van der Waals surface area contributed by atoms with E-state index in [2.05, 4.69) is 18.8 Å². The molecule has 0 aliphatic carbocycles. The Hall–Kier alpha value is 0.0100. The monoisotopic (exact) mass is 243 g/mol. The molecule has 0 radical (unpaired) electrons. The van der Waals surface area contributed by atoms with Crippen LogP contribution in [0.3, 0.4) is 0 Å². The van der Waals surface area contributed by atoms with Gasteiger partial charge in [0.15, 0.2) is 0 Å². The Bertz CT molecular complexity index is 202. The highest BCUT2D eigenvalue weighted by molar-refractivity contribution is 7.99. The molecule has 0 amide bonds. The number of aliphatic hydroxyl groups is 1. The Balaban J connectivity index is 2.26. The van der Waals surface area contributed by atoms with E-state index in [9.17, 15) is 5.11 Å². The average molecular weight is 243 g/mol. The van der Waals surface area contributed by atoms with Crippen molar-refractivity contribution in [2.24, 2.45) is 0 Å². The van der Waals surface area contributed by atoms with Crippen molar-refractivity contribution in [3.05, 3.63) is 12.7 Å². The molecule has 1 atom stereocenters. The van der Waals surface area contributed by atoms with Gasteiger partial charge < -0.3 is 10.4 Å². The molecule has 1 saturated heterocycles. The molecule has 0 aromatic carbocycles. The summed E-state index contributed by atoms with van der Waals surface area (Å²) < 4.78 is 0. The summed E-state index contributed by atoms with van der Waals surface area (Å²) in [5.74, 6) is 2.20. The smallest absolute Gasteiger partial charge is 0.0787 e. The Morgan fingerprint density at radius 3 is 2.75 bits per heavy atom. The van der Waals surface area contributed by atoms with E-state index in [0.29, 0.717) is 6.04 Å². The summed E-state index contributed by atoms with van der Waals surface area (Å²) in [4.78, 5) is 0. The Morgan fingerprint density at radius 2 is 2.19 bits per heavy atom. The molecule has 0 aromatic heterocycles. The van der Waals surface area contributed by atoms with Gasteiger partial charge in [-0.25, -0.2) is 0 Å². The summed E-state index contributed by atoms with van der Waals surface area (Å²) in [6.45, 7) is 6.70. The number of thioether (sulfide) groups is 1. The number of hydrogen-bond acceptors (Lipinski definition) is 3. The molecule has 16 heavy (non-hydrogen) atoms. The maximum absolute atomic E-state index is 10.3. The first-order valence-corrected chi connectivity index (χ1v) is 7.50. The Morgan fingerprint density at radius 1 is 1.50 bits per heavy atom. The molecule has 1 aliphatic rings. The van der Waals surface area contributed by atoms with Crippen molar-refractivity contribution < 1.29 is 5.11 Å². The molecular formula is C13H25NOS. The van der Waals surface area contributed by atoms with Crippen LogP contribution in [-0.4, -0.2) is 34.8 Å². The topological polar surface area (TPSA) is 32.3 Å². The van der Waals surface area contributed by atoms with Gasteiger partial charge in [0.1, 0.15) is 0 Å². The molecule has 3 heteroatoms. The summed E-state index contributed by atoms with van der Waals surface area (Å²) in [5.41, 5.74) is -0.452. The lowest BCUT2D eigenvalue weighted by atomic mass is 9.96. The summed E-state index contributed by atoms with van der Waals surface area (Å²) in [5, 5.41) is 13.9. The van der Waals surface area contributed by atoms with E-state index < -0.39 is 5.60 Å². The van der Waals surface area contributed by atoms with Crippen molar-refractivity contribution in [1.82, 2.24) is 5.32 Å². The number of rotatable bonds is 7. The lowest BCUT2D eigenvalue weighted by molar-refractivity contribution is 0.0292. The van der Waals surface area contributed by atoms with Crippen molar-refractivity contribution in [3.63, 3.8) is 0 Å². The van der Waals surface area contributed by atoms with Crippen molar-refractivity contribution >= 4 is 11.8 Å². The SMILES string of the molecule is C=CCCC(CC)NCC1(O)CCSCC1. The van der Waals surface area contributed by atoms with Crippen LogP contribution in [-0.2, 0) is 0 Å². The average Bonchev–Trinajstić information content (AvgIpc) is 2.30. The molecule has 2 N–H and O–H groups in total. The standard InChI is InChI=1S/C13H25NOS/c1-3-5-6-12(4-2)14-11-13(15)7-9-16-10-8-13/h3,12,14-15H,1,4-11H2,2H3. The Labute approximate surface area is 104 Å². The fraction of sp³-hybridized carbons (Fsp3) is 0.846. The first-order chi connectivity index (χ1) is 7.70. The molecule has 0 aromatic rings. The third kappa shape index (κ3) is 4.89. The van der Waals surface area contributed by atoms with Gasteiger partial charge in [0.25, 0.3) is 0 Å². The molecule has 1 aliphatic heterocycles. The summed E-state index contributed by atoms with van der Waals surface area (Å²) in [6, 6.07) is 0.525. The zero-order valence-electron chi connectivity index (χ0n) is 10.4. The molecular weight excluding hydrogens is 218 g/mol.